The van der Waals surface area contributed by atoms with Crippen molar-refractivity contribution in [3.63, 3.8) is 0 Å². The number of anilines is 2. The van der Waals surface area contributed by atoms with E-state index in [1.807, 2.05) is 18.2 Å². The predicted octanol–water partition coefficient (Wildman–Crippen LogP) is 3.11. The van der Waals surface area contributed by atoms with E-state index in [4.69, 9.17) is 19.9 Å². The highest BCUT2D eigenvalue weighted by Crippen LogP contribution is 2.33. The van der Waals surface area contributed by atoms with Crippen LogP contribution in [0.2, 0.25) is 0 Å². The molecule has 1 saturated carbocycles. The van der Waals surface area contributed by atoms with Gasteiger partial charge < -0.3 is 25.3 Å². The standard InChI is InChI=1S/C18H22N4O3/c19-16-17(20-9-12-6-7-14-15(8-12)24-11-23-14)21-10-22-18(16)25-13-4-2-1-3-5-13/h6-8,10,13H,1-5,9,11,19H2,(H,20,21,22). The van der Waals surface area contributed by atoms with Crippen LogP contribution in [-0.4, -0.2) is 22.9 Å². The van der Waals surface area contributed by atoms with Crippen LogP contribution in [0.1, 0.15) is 37.7 Å². The maximum atomic E-state index is 6.20. The maximum absolute atomic E-state index is 6.20. The molecular weight excluding hydrogens is 320 g/mol. The Hall–Kier alpha value is -2.70. The average Bonchev–Trinajstić information content (AvgIpc) is 3.11. The minimum absolute atomic E-state index is 0.202. The summed E-state index contributed by atoms with van der Waals surface area (Å²) in [6, 6.07) is 5.84. The summed E-state index contributed by atoms with van der Waals surface area (Å²) >= 11 is 0. The summed E-state index contributed by atoms with van der Waals surface area (Å²) in [5, 5.41) is 3.25. The van der Waals surface area contributed by atoms with E-state index >= 15 is 0 Å². The van der Waals surface area contributed by atoms with Crippen molar-refractivity contribution in [1.82, 2.24) is 9.97 Å². The zero-order valence-electron chi connectivity index (χ0n) is 14.0. The minimum atomic E-state index is 0.202. The number of hydrogen-bond donors (Lipinski definition) is 2. The van der Waals surface area contributed by atoms with E-state index in [1.54, 1.807) is 0 Å². The van der Waals surface area contributed by atoms with Crippen LogP contribution < -0.4 is 25.3 Å². The summed E-state index contributed by atoms with van der Waals surface area (Å²) < 4.78 is 16.7. The van der Waals surface area contributed by atoms with Crippen molar-refractivity contribution in [2.75, 3.05) is 17.8 Å². The molecule has 0 saturated heterocycles. The van der Waals surface area contributed by atoms with Crippen molar-refractivity contribution in [2.45, 2.75) is 44.8 Å². The fraction of sp³-hybridized carbons (Fsp3) is 0.444. The Labute approximate surface area is 146 Å². The summed E-state index contributed by atoms with van der Waals surface area (Å²) in [5.41, 5.74) is 7.70. The number of ether oxygens (including phenoxy) is 3. The van der Waals surface area contributed by atoms with Crippen LogP contribution in [-0.2, 0) is 6.54 Å². The summed E-state index contributed by atoms with van der Waals surface area (Å²) in [5.74, 6) is 2.58. The second kappa shape index (κ2) is 7.04. The highest BCUT2D eigenvalue weighted by Gasteiger charge is 2.18. The smallest absolute Gasteiger partial charge is 0.242 e. The third-order valence-electron chi connectivity index (χ3n) is 4.57. The molecule has 7 nitrogen and oxygen atoms in total. The molecule has 4 rings (SSSR count). The fourth-order valence-electron chi connectivity index (χ4n) is 3.19. The number of aromatic nitrogens is 2. The molecule has 1 aliphatic carbocycles. The Morgan fingerprint density at radius 2 is 1.96 bits per heavy atom. The van der Waals surface area contributed by atoms with Gasteiger partial charge in [-0.15, -0.1) is 0 Å². The van der Waals surface area contributed by atoms with Gasteiger partial charge >= 0.3 is 0 Å². The molecule has 3 N–H and O–H groups in total. The largest absolute Gasteiger partial charge is 0.473 e. The van der Waals surface area contributed by atoms with Gasteiger partial charge in [0.2, 0.25) is 12.7 Å². The quantitative estimate of drug-likeness (QED) is 0.862. The van der Waals surface area contributed by atoms with Gasteiger partial charge in [0.05, 0.1) is 0 Å². The molecule has 7 heteroatoms. The number of fused-ring (bicyclic) bond motifs is 1. The van der Waals surface area contributed by atoms with Crippen molar-refractivity contribution in [1.29, 1.82) is 0 Å². The fourth-order valence-corrected chi connectivity index (χ4v) is 3.19. The lowest BCUT2D eigenvalue weighted by atomic mass is 9.98. The van der Waals surface area contributed by atoms with Gasteiger partial charge in [0.15, 0.2) is 17.3 Å². The van der Waals surface area contributed by atoms with Crippen molar-refractivity contribution in [3.8, 4) is 17.4 Å². The van der Waals surface area contributed by atoms with Crippen LogP contribution in [0.4, 0.5) is 11.5 Å². The van der Waals surface area contributed by atoms with Crippen LogP contribution in [0.15, 0.2) is 24.5 Å². The van der Waals surface area contributed by atoms with Gasteiger partial charge in [-0.05, 0) is 43.4 Å². The Morgan fingerprint density at radius 3 is 2.84 bits per heavy atom. The van der Waals surface area contributed by atoms with E-state index in [2.05, 4.69) is 15.3 Å². The molecule has 2 aromatic rings. The molecule has 2 heterocycles. The first kappa shape index (κ1) is 15.8. The van der Waals surface area contributed by atoms with E-state index in [0.717, 1.165) is 29.9 Å². The Morgan fingerprint density at radius 1 is 1.12 bits per heavy atom. The number of nitrogens with two attached hydrogens (primary N) is 1. The van der Waals surface area contributed by atoms with Crippen LogP contribution >= 0.6 is 0 Å². The topological polar surface area (TPSA) is 91.5 Å². The van der Waals surface area contributed by atoms with Gasteiger partial charge in [-0.1, -0.05) is 12.5 Å². The molecule has 25 heavy (non-hydrogen) atoms. The molecule has 0 bridgehead atoms. The number of nitrogens with one attached hydrogen (secondary N) is 1. The number of nitrogens with zero attached hydrogens (tertiary/aromatic N) is 2. The molecule has 1 aromatic carbocycles. The predicted molar refractivity (Wildman–Crippen MR) is 93.8 cm³/mol. The van der Waals surface area contributed by atoms with Gasteiger partial charge in [0.1, 0.15) is 18.1 Å². The van der Waals surface area contributed by atoms with Gasteiger partial charge in [-0.3, -0.25) is 0 Å². The third-order valence-corrected chi connectivity index (χ3v) is 4.57. The first-order valence-electron chi connectivity index (χ1n) is 8.69. The molecule has 0 unspecified atom stereocenters. The summed E-state index contributed by atoms with van der Waals surface area (Å²) in [6.07, 6.45) is 7.48. The third kappa shape index (κ3) is 3.55. The first-order chi connectivity index (χ1) is 12.3. The first-order valence-corrected chi connectivity index (χ1v) is 8.69. The van der Waals surface area contributed by atoms with Crippen molar-refractivity contribution < 1.29 is 14.2 Å². The Kier molecular flexibility index (Phi) is 4.45. The van der Waals surface area contributed by atoms with E-state index < -0.39 is 0 Å². The van der Waals surface area contributed by atoms with Gasteiger partial charge in [-0.2, -0.15) is 4.98 Å². The van der Waals surface area contributed by atoms with Crippen LogP contribution in [0.25, 0.3) is 0 Å². The lowest BCUT2D eigenvalue weighted by molar-refractivity contribution is 0.149. The molecule has 1 aromatic heterocycles. The number of hydrogen-bond acceptors (Lipinski definition) is 7. The summed E-state index contributed by atoms with van der Waals surface area (Å²) in [4.78, 5) is 8.44. The SMILES string of the molecule is Nc1c(NCc2ccc3c(c2)OCO3)ncnc1OC1CCCCC1. The lowest BCUT2D eigenvalue weighted by Crippen LogP contribution is -2.21. The average molecular weight is 342 g/mol. The molecule has 0 radical (unpaired) electrons. The van der Waals surface area contributed by atoms with E-state index in [0.29, 0.717) is 23.9 Å². The summed E-state index contributed by atoms with van der Waals surface area (Å²) in [6.45, 7) is 0.841. The minimum Gasteiger partial charge on any atom is -0.473 e. The number of benzene rings is 1. The van der Waals surface area contributed by atoms with E-state index in [9.17, 15) is 0 Å². The van der Waals surface area contributed by atoms with Crippen LogP contribution in [0.3, 0.4) is 0 Å². The maximum Gasteiger partial charge on any atom is 0.242 e. The highest BCUT2D eigenvalue weighted by atomic mass is 16.7. The molecule has 0 spiro atoms. The zero-order chi connectivity index (χ0) is 17.1. The van der Waals surface area contributed by atoms with E-state index in [-0.39, 0.29) is 12.9 Å². The summed E-state index contributed by atoms with van der Waals surface area (Å²) in [7, 11) is 0. The second-order valence-corrected chi connectivity index (χ2v) is 6.36. The Balaban J connectivity index is 1.42. The van der Waals surface area contributed by atoms with Gasteiger partial charge in [-0.25, -0.2) is 4.98 Å². The second-order valence-electron chi connectivity index (χ2n) is 6.36. The molecule has 1 fully saturated rings. The van der Waals surface area contributed by atoms with Gasteiger partial charge in [0, 0.05) is 6.54 Å². The lowest BCUT2D eigenvalue weighted by Gasteiger charge is -2.23. The molecular formula is C18H22N4O3. The van der Waals surface area contributed by atoms with Crippen molar-refractivity contribution in [3.05, 3.63) is 30.1 Å². The monoisotopic (exact) mass is 342 g/mol. The van der Waals surface area contributed by atoms with Gasteiger partial charge in [0.25, 0.3) is 0 Å². The van der Waals surface area contributed by atoms with Crippen molar-refractivity contribution >= 4 is 11.5 Å². The molecule has 2 aliphatic rings. The highest BCUT2D eigenvalue weighted by molar-refractivity contribution is 5.66. The van der Waals surface area contributed by atoms with Crippen LogP contribution in [0.5, 0.6) is 17.4 Å². The van der Waals surface area contributed by atoms with Crippen molar-refractivity contribution in [2.24, 2.45) is 0 Å². The number of nitrogen functional groups attached to an aromatic ring is 1. The molecule has 0 atom stereocenters. The molecule has 0 amide bonds. The molecule has 1 aliphatic heterocycles. The van der Waals surface area contributed by atoms with E-state index in [1.165, 1.54) is 25.6 Å². The molecule has 132 valence electrons. The number of rotatable bonds is 5. The zero-order valence-corrected chi connectivity index (χ0v) is 14.0. The van der Waals surface area contributed by atoms with Crippen LogP contribution in [0, 0.1) is 0 Å². The normalized spacial score (nSPS) is 16.6. The Bertz CT molecular complexity index is 747.